The summed E-state index contributed by atoms with van der Waals surface area (Å²) in [5.74, 6) is 0.394. The summed E-state index contributed by atoms with van der Waals surface area (Å²) in [6.45, 7) is 3.12. The number of piperidine rings is 1. The van der Waals surface area contributed by atoms with E-state index in [1.54, 1.807) is 4.90 Å². The van der Waals surface area contributed by atoms with Crippen molar-refractivity contribution in [3.8, 4) is 0 Å². The SMILES string of the molecule is O=C(OCc1ccccc1)N1CCC(C2OCCO2)CC1. The molecule has 2 aliphatic heterocycles. The number of likely N-dealkylation sites (tertiary alicyclic amines) is 1. The summed E-state index contributed by atoms with van der Waals surface area (Å²) in [6.07, 6.45) is 1.51. The Balaban J connectivity index is 1.42. The first-order chi connectivity index (χ1) is 10.3. The molecule has 2 aliphatic rings. The van der Waals surface area contributed by atoms with E-state index in [1.165, 1.54) is 0 Å². The Morgan fingerprint density at radius 2 is 1.81 bits per heavy atom. The van der Waals surface area contributed by atoms with Crippen LogP contribution in [0.4, 0.5) is 4.79 Å². The molecule has 0 saturated carbocycles. The van der Waals surface area contributed by atoms with Crippen LogP contribution >= 0.6 is 0 Å². The smallest absolute Gasteiger partial charge is 0.410 e. The van der Waals surface area contributed by atoms with Gasteiger partial charge in [-0.25, -0.2) is 4.79 Å². The number of rotatable bonds is 3. The summed E-state index contributed by atoms with van der Waals surface area (Å²) >= 11 is 0. The van der Waals surface area contributed by atoms with Gasteiger partial charge in [0, 0.05) is 19.0 Å². The lowest BCUT2D eigenvalue weighted by atomic mass is 9.96. The topological polar surface area (TPSA) is 48.0 Å². The van der Waals surface area contributed by atoms with Gasteiger partial charge < -0.3 is 19.1 Å². The van der Waals surface area contributed by atoms with E-state index in [4.69, 9.17) is 14.2 Å². The molecule has 2 heterocycles. The summed E-state index contributed by atoms with van der Waals surface area (Å²) in [4.78, 5) is 13.8. The van der Waals surface area contributed by atoms with Crippen molar-refractivity contribution in [3.63, 3.8) is 0 Å². The van der Waals surface area contributed by atoms with Crippen LogP contribution < -0.4 is 0 Å². The van der Waals surface area contributed by atoms with Gasteiger partial charge in [-0.2, -0.15) is 0 Å². The highest BCUT2D eigenvalue weighted by Gasteiger charge is 2.32. The average molecular weight is 291 g/mol. The molecule has 3 rings (SSSR count). The molecule has 0 unspecified atom stereocenters. The zero-order valence-corrected chi connectivity index (χ0v) is 12.1. The van der Waals surface area contributed by atoms with Crippen LogP contribution in [0.15, 0.2) is 30.3 Å². The zero-order valence-electron chi connectivity index (χ0n) is 12.1. The molecule has 2 saturated heterocycles. The molecule has 1 amide bonds. The van der Waals surface area contributed by atoms with E-state index in [0.29, 0.717) is 38.8 Å². The third kappa shape index (κ3) is 3.74. The minimum atomic E-state index is -0.231. The zero-order chi connectivity index (χ0) is 14.5. The summed E-state index contributed by atoms with van der Waals surface area (Å²) < 4.78 is 16.4. The molecule has 0 atom stereocenters. The van der Waals surface area contributed by atoms with Crippen molar-refractivity contribution in [2.75, 3.05) is 26.3 Å². The molecular weight excluding hydrogens is 270 g/mol. The van der Waals surface area contributed by atoms with Crippen molar-refractivity contribution in [2.45, 2.75) is 25.7 Å². The maximum absolute atomic E-state index is 12.0. The lowest BCUT2D eigenvalue weighted by molar-refractivity contribution is -0.0964. The van der Waals surface area contributed by atoms with Crippen molar-refractivity contribution in [1.29, 1.82) is 0 Å². The Labute approximate surface area is 124 Å². The van der Waals surface area contributed by atoms with Crippen molar-refractivity contribution < 1.29 is 19.0 Å². The van der Waals surface area contributed by atoms with E-state index in [9.17, 15) is 4.79 Å². The van der Waals surface area contributed by atoms with Crippen LogP contribution in [0, 0.1) is 5.92 Å². The largest absolute Gasteiger partial charge is 0.445 e. The molecule has 114 valence electrons. The van der Waals surface area contributed by atoms with Crippen LogP contribution in [0.5, 0.6) is 0 Å². The van der Waals surface area contributed by atoms with E-state index >= 15 is 0 Å². The highest BCUT2D eigenvalue weighted by atomic mass is 16.7. The van der Waals surface area contributed by atoms with Gasteiger partial charge in [-0.3, -0.25) is 0 Å². The maximum Gasteiger partial charge on any atom is 0.410 e. The molecule has 1 aromatic carbocycles. The van der Waals surface area contributed by atoms with Crippen LogP contribution in [-0.2, 0) is 20.8 Å². The fourth-order valence-corrected chi connectivity index (χ4v) is 2.81. The van der Waals surface area contributed by atoms with Crippen molar-refractivity contribution in [3.05, 3.63) is 35.9 Å². The molecule has 0 bridgehead atoms. The Morgan fingerprint density at radius 1 is 1.14 bits per heavy atom. The highest BCUT2D eigenvalue weighted by Crippen LogP contribution is 2.26. The van der Waals surface area contributed by atoms with Crippen molar-refractivity contribution in [2.24, 2.45) is 5.92 Å². The normalized spacial score (nSPS) is 20.7. The molecule has 5 nitrogen and oxygen atoms in total. The predicted octanol–water partition coefficient (Wildman–Crippen LogP) is 2.41. The van der Waals surface area contributed by atoms with Crippen molar-refractivity contribution >= 4 is 6.09 Å². The Morgan fingerprint density at radius 3 is 2.48 bits per heavy atom. The van der Waals surface area contributed by atoms with Gasteiger partial charge in [0.15, 0.2) is 6.29 Å². The quantitative estimate of drug-likeness (QED) is 0.858. The second-order valence-corrected chi connectivity index (χ2v) is 5.47. The van der Waals surface area contributed by atoms with Crippen molar-refractivity contribution in [1.82, 2.24) is 4.90 Å². The summed E-state index contributed by atoms with van der Waals surface area (Å²) in [6, 6.07) is 9.73. The van der Waals surface area contributed by atoms with Gasteiger partial charge in [-0.05, 0) is 18.4 Å². The van der Waals surface area contributed by atoms with Crippen LogP contribution in [0.3, 0.4) is 0 Å². The number of nitrogens with zero attached hydrogens (tertiary/aromatic N) is 1. The average Bonchev–Trinajstić information content (AvgIpc) is 3.08. The van der Waals surface area contributed by atoms with Crippen LogP contribution in [0.25, 0.3) is 0 Å². The monoisotopic (exact) mass is 291 g/mol. The Hall–Kier alpha value is -1.59. The third-order valence-electron chi connectivity index (χ3n) is 4.04. The summed E-state index contributed by atoms with van der Waals surface area (Å²) in [5.41, 5.74) is 1.01. The second kappa shape index (κ2) is 6.91. The van der Waals surface area contributed by atoms with E-state index in [1.807, 2.05) is 30.3 Å². The first-order valence-electron chi connectivity index (χ1n) is 7.52. The van der Waals surface area contributed by atoms with E-state index in [2.05, 4.69) is 0 Å². The van der Waals surface area contributed by atoms with Gasteiger partial charge in [-0.1, -0.05) is 30.3 Å². The maximum atomic E-state index is 12.0. The standard InChI is InChI=1S/C16H21NO4/c18-16(21-12-13-4-2-1-3-5-13)17-8-6-14(7-9-17)15-19-10-11-20-15/h1-5,14-15H,6-12H2. The van der Waals surface area contributed by atoms with E-state index in [-0.39, 0.29) is 12.4 Å². The molecule has 0 N–H and O–H groups in total. The third-order valence-corrected chi connectivity index (χ3v) is 4.04. The predicted molar refractivity (Wildman–Crippen MR) is 76.6 cm³/mol. The summed E-state index contributed by atoms with van der Waals surface area (Å²) in [5, 5.41) is 0. The molecule has 0 aromatic heterocycles. The molecule has 5 heteroatoms. The number of carbonyl (C=O) groups excluding carboxylic acids is 1. The molecule has 0 spiro atoms. The van der Waals surface area contributed by atoms with Gasteiger partial charge in [-0.15, -0.1) is 0 Å². The molecule has 0 aliphatic carbocycles. The van der Waals surface area contributed by atoms with E-state index < -0.39 is 0 Å². The number of ether oxygens (including phenoxy) is 3. The number of carbonyl (C=O) groups is 1. The Bertz CT molecular complexity index is 451. The van der Waals surface area contributed by atoms with E-state index in [0.717, 1.165) is 18.4 Å². The fraction of sp³-hybridized carbons (Fsp3) is 0.562. The highest BCUT2D eigenvalue weighted by molar-refractivity contribution is 5.67. The fourth-order valence-electron chi connectivity index (χ4n) is 2.81. The second-order valence-electron chi connectivity index (χ2n) is 5.47. The number of hydrogen-bond donors (Lipinski definition) is 0. The first kappa shape index (κ1) is 14.4. The minimum Gasteiger partial charge on any atom is -0.445 e. The molecular formula is C16H21NO4. The molecule has 1 aromatic rings. The van der Waals surface area contributed by atoms with Gasteiger partial charge in [0.25, 0.3) is 0 Å². The lowest BCUT2D eigenvalue weighted by Gasteiger charge is -2.33. The van der Waals surface area contributed by atoms with Crippen LogP contribution in [0.2, 0.25) is 0 Å². The molecule has 21 heavy (non-hydrogen) atoms. The molecule has 2 fully saturated rings. The Kier molecular flexibility index (Phi) is 4.72. The number of hydrogen-bond acceptors (Lipinski definition) is 4. The first-order valence-corrected chi connectivity index (χ1v) is 7.52. The van der Waals surface area contributed by atoms with Gasteiger partial charge >= 0.3 is 6.09 Å². The van der Waals surface area contributed by atoms with Crippen LogP contribution in [-0.4, -0.2) is 43.6 Å². The van der Waals surface area contributed by atoms with Gasteiger partial charge in [0.2, 0.25) is 0 Å². The van der Waals surface area contributed by atoms with Gasteiger partial charge in [0.05, 0.1) is 13.2 Å². The lowest BCUT2D eigenvalue weighted by Crippen LogP contribution is -2.41. The minimum absolute atomic E-state index is 0.0764. The summed E-state index contributed by atoms with van der Waals surface area (Å²) in [7, 11) is 0. The van der Waals surface area contributed by atoms with Gasteiger partial charge in [0.1, 0.15) is 6.61 Å². The number of benzene rings is 1. The molecule has 0 radical (unpaired) electrons. The van der Waals surface area contributed by atoms with Crippen LogP contribution in [0.1, 0.15) is 18.4 Å². The number of amides is 1.